The largest absolute Gasteiger partial charge is 0.366 e. The second-order valence-electron chi connectivity index (χ2n) is 8.32. The molecule has 0 saturated carbocycles. The number of nitrogens with zero attached hydrogens (tertiary/aromatic N) is 2. The van der Waals surface area contributed by atoms with Crippen molar-refractivity contribution < 1.29 is 8.42 Å². The van der Waals surface area contributed by atoms with Crippen LogP contribution >= 0.6 is 11.6 Å². The number of aryl methyl sites for hydroxylation is 1. The van der Waals surface area contributed by atoms with Crippen molar-refractivity contribution in [2.45, 2.75) is 38.2 Å². The first-order valence-corrected chi connectivity index (χ1v) is 12.0. The molecule has 5 nitrogen and oxygen atoms in total. The van der Waals surface area contributed by atoms with Crippen molar-refractivity contribution in [3.05, 3.63) is 64.7 Å². The average molecular weight is 434 g/mol. The zero-order valence-electron chi connectivity index (χ0n) is 17.0. The lowest BCUT2D eigenvalue weighted by molar-refractivity contribution is 0.124. The fraction of sp³-hybridized carbons (Fsp3) is 0.455. The van der Waals surface area contributed by atoms with Gasteiger partial charge in [-0.3, -0.25) is 4.90 Å². The van der Waals surface area contributed by atoms with Crippen LogP contribution in [0.2, 0.25) is 5.02 Å². The summed E-state index contributed by atoms with van der Waals surface area (Å²) in [4.78, 5) is 4.70. The Morgan fingerprint density at radius 2 is 1.79 bits per heavy atom. The molecule has 0 aromatic heterocycles. The van der Waals surface area contributed by atoms with Gasteiger partial charge in [-0.25, -0.2) is 8.42 Å². The SMILES string of the molecule is Cc1cccc(N2CCN(C3NS(=O)(=O)C(c4ccc(Cl)cc4)C3C)CC2C)c1. The second-order valence-corrected chi connectivity index (χ2v) is 10.6. The van der Waals surface area contributed by atoms with Gasteiger partial charge in [0.05, 0.1) is 6.17 Å². The lowest BCUT2D eigenvalue weighted by atomic mass is 9.96. The molecule has 2 aromatic rings. The third-order valence-electron chi connectivity index (χ3n) is 6.18. The van der Waals surface area contributed by atoms with Gasteiger partial charge in [-0.05, 0) is 49.2 Å². The van der Waals surface area contributed by atoms with E-state index < -0.39 is 15.3 Å². The molecule has 29 heavy (non-hydrogen) atoms. The highest BCUT2D eigenvalue weighted by atomic mass is 35.5. The van der Waals surface area contributed by atoms with Crippen LogP contribution in [-0.2, 0) is 10.0 Å². The van der Waals surface area contributed by atoms with Gasteiger partial charge < -0.3 is 4.90 Å². The second kappa shape index (κ2) is 7.91. The Bertz CT molecular complexity index is 980. The third kappa shape index (κ3) is 4.04. The summed E-state index contributed by atoms with van der Waals surface area (Å²) in [6.07, 6.45) is -0.192. The number of sulfonamides is 1. The minimum absolute atomic E-state index is 0.0566. The summed E-state index contributed by atoms with van der Waals surface area (Å²) in [6, 6.07) is 16.0. The van der Waals surface area contributed by atoms with Gasteiger partial charge in [0.2, 0.25) is 10.0 Å². The molecule has 2 saturated heterocycles. The molecule has 4 unspecified atom stereocenters. The molecule has 0 spiro atoms. The number of hydrogen-bond acceptors (Lipinski definition) is 4. The molecule has 4 rings (SSSR count). The van der Waals surface area contributed by atoms with Crippen molar-refractivity contribution in [3.63, 3.8) is 0 Å². The van der Waals surface area contributed by atoms with E-state index in [1.54, 1.807) is 12.1 Å². The zero-order valence-corrected chi connectivity index (χ0v) is 18.6. The van der Waals surface area contributed by atoms with Gasteiger partial charge in [0, 0.05) is 42.3 Å². The molecule has 4 atom stereocenters. The highest BCUT2D eigenvalue weighted by Crippen LogP contribution is 2.39. The minimum atomic E-state index is -3.44. The van der Waals surface area contributed by atoms with Gasteiger partial charge in [-0.2, -0.15) is 4.72 Å². The van der Waals surface area contributed by atoms with E-state index in [4.69, 9.17) is 11.6 Å². The van der Waals surface area contributed by atoms with E-state index in [2.05, 4.69) is 52.6 Å². The molecule has 0 aliphatic carbocycles. The van der Waals surface area contributed by atoms with Crippen LogP contribution in [0.25, 0.3) is 0 Å². The molecular weight excluding hydrogens is 406 g/mol. The molecule has 1 N–H and O–H groups in total. The number of hydrogen-bond donors (Lipinski definition) is 1. The van der Waals surface area contributed by atoms with E-state index in [1.165, 1.54) is 11.3 Å². The normalized spacial score (nSPS) is 29.9. The van der Waals surface area contributed by atoms with Crippen molar-refractivity contribution in [2.24, 2.45) is 5.92 Å². The number of piperazine rings is 1. The van der Waals surface area contributed by atoms with E-state index >= 15 is 0 Å². The fourth-order valence-corrected chi connectivity index (χ4v) is 6.97. The first-order chi connectivity index (χ1) is 13.8. The van der Waals surface area contributed by atoms with Crippen LogP contribution in [0.3, 0.4) is 0 Å². The molecule has 2 heterocycles. The predicted octanol–water partition coefficient (Wildman–Crippen LogP) is 3.80. The van der Waals surface area contributed by atoms with Crippen LogP contribution in [0.15, 0.2) is 48.5 Å². The molecule has 0 bridgehead atoms. The monoisotopic (exact) mass is 433 g/mol. The Balaban J connectivity index is 1.52. The van der Waals surface area contributed by atoms with E-state index in [0.717, 1.165) is 25.2 Å². The Hall–Kier alpha value is -1.60. The summed E-state index contributed by atoms with van der Waals surface area (Å²) in [5.41, 5.74) is 3.28. The van der Waals surface area contributed by atoms with Gasteiger partial charge in [-0.1, -0.05) is 42.8 Å². The lowest BCUT2D eigenvalue weighted by Gasteiger charge is -2.44. The zero-order chi connectivity index (χ0) is 20.8. The van der Waals surface area contributed by atoms with Crippen molar-refractivity contribution in [1.82, 2.24) is 9.62 Å². The summed E-state index contributed by atoms with van der Waals surface area (Å²) in [7, 11) is -3.44. The highest BCUT2D eigenvalue weighted by Gasteiger charge is 2.48. The average Bonchev–Trinajstić information content (AvgIpc) is 2.91. The number of anilines is 1. The van der Waals surface area contributed by atoms with E-state index in [1.807, 2.05) is 19.1 Å². The van der Waals surface area contributed by atoms with Gasteiger partial charge >= 0.3 is 0 Å². The van der Waals surface area contributed by atoms with E-state index in [-0.39, 0.29) is 12.1 Å². The molecule has 2 fully saturated rings. The lowest BCUT2D eigenvalue weighted by Crippen LogP contribution is -2.58. The van der Waals surface area contributed by atoms with Crippen molar-refractivity contribution >= 4 is 27.3 Å². The number of nitrogens with one attached hydrogen (secondary N) is 1. The quantitative estimate of drug-likeness (QED) is 0.800. The minimum Gasteiger partial charge on any atom is -0.366 e. The van der Waals surface area contributed by atoms with Gasteiger partial charge in [0.25, 0.3) is 0 Å². The van der Waals surface area contributed by atoms with Crippen LogP contribution in [0.4, 0.5) is 5.69 Å². The maximum Gasteiger partial charge on any atom is 0.220 e. The van der Waals surface area contributed by atoms with E-state index in [9.17, 15) is 8.42 Å². The molecular formula is C22H28ClN3O2S. The molecule has 7 heteroatoms. The summed E-state index contributed by atoms with van der Waals surface area (Å²) >= 11 is 5.99. The smallest absolute Gasteiger partial charge is 0.220 e. The number of rotatable bonds is 3. The van der Waals surface area contributed by atoms with Crippen LogP contribution < -0.4 is 9.62 Å². The summed E-state index contributed by atoms with van der Waals surface area (Å²) in [5, 5.41) is 0.0530. The number of halogens is 1. The molecule has 2 aromatic carbocycles. The molecule has 2 aliphatic rings. The first-order valence-electron chi connectivity index (χ1n) is 10.1. The van der Waals surface area contributed by atoms with Gasteiger partial charge in [0.15, 0.2) is 0 Å². The van der Waals surface area contributed by atoms with Crippen LogP contribution in [0.5, 0.6) is 0 Å². The van der Waals surface area contributed by atoms with Crippen LogP contribution in [0.1, 0.15) is 30.2 Å². The standard InChI is InChI=1S/C22H28ClN3O2S/c1-15-5-4-6-20(13-15)26-12-11-25(14-16(26)2)22-17(3)21(29(27,28)24-22)18-7-9-19(23)10-8-18/h4-10,13,16-17,21-22,24H,11-12,14H2,1-3H3. The Morgan fingerprint density at radius 1 is 1.07 bits per heavy atom. The first kappa shape index (κ1) is 20.7. The maximum atomic E-state index is 12.9. The Morgan fingerprint density at radius 3 is 2.45 bits per heavy atom. The Kier molecular flexibility index (Phi) is 5.64. The maximum absolute atomic E-state index is 12.9. The fourth-order valence-electron chi connectivity index (χ4n) is 4.77. The third-order valence-corrected chi connectivity index (χ3v) is 8.37. The molecule has 0 amide bonds. The van der Waals surface area contributed by atoms with Crippen molar-refractivity contribution in [1.29, 1.82) is 0 Å². The predicted molar refractivity (Wildman–Crippen MR) is 119 cm³/mol. The molecule has 2 aliphatic heterocycles. The van der Waals surface area contributed by atoms with Gasteiger partial charge in [-0.15, -0.1) is 0 Å². The summed E-state index contributed by atoms with van der Waals surface area (Å²) < 4.78 is 28.8. The van der Waals surface area contributed by atoms with Gasteiger partial charge in [0.1, 0.15) is 5.25 Å². The van der Waals surface area contributed by atoms with Crippen LogP contribution in [0, 0.1) is 12.8 Å². The summed E-state index contributed by atoms with van der Waals surface area (Å²) in [5.74, 6) is -0.0566. The van der Waals surface area contributed by atoms with E-state index in [0.29, 0.717) is 11.1 Å². The van der Waals surface area contributed by atoms with Crippen LogP contribution in [-0.4, -0.2) is 45.2 Å². The van der Waals surface area contributed by atoms with Crippen molar-refractivity contribution in [2.75, 3.05) is 24.5 Å². The topological polar surface area (TPSA) is 52.6 Å². The highest BCUT2D eigenvalue weighted by molar-refractivity contribution is 7.90. The van der Waals surface area contributed by atoms with Crippen molar-refractivity contribution in [3.8, 4) is 0 Å². The molecule has 156 valence electrons. The number of benzene rings is 2. The summed E-state index contributed by atoms with van der Waals surface area (Å²) in [6.45, 7) is 8.86. The Labute approximate surface area is 178 Å². The molecule has 0 radical (unpaired) electrons.